The Kier molecular flexibility index (Phi) is 5.97. The van der Waals surface area contributed by atoms with Crippen LogP contribution in [-0.4, -0.2) is 33.6 Å². The van der Waals surface area contributed by atoms with Gasteiger partial charge in [-0.3, -0.25) is 0 Å². The number of hydrogen-bond donors (Lipinski definition) is 3. The molecule has 7 atom stereocenters. The molecule has 3 nitrogen and oxygen atoms in total. The Bertz CT molecular complexity index is 739. The van der Waals surface area contributed by atoms with Gasteiger partial charge in [-0.05, 0) is 85.2 Å². The molecule has 0 aliphatic heterocycles. The van der Waals surface area contributed by atoms with Crippen molar-refractivity contribution in [3.63, 3.8) is 0 Å². The van der Waals surface area contributed by atoms with Crippen molar-refractivity contribution in [1.29, 1.82) is 0 Å². The maximum atomic E-state index is 10.2. The van der Waals surface area contributed by atoms with Gasteiger partial charge in [-0.15, -0.1) is 5.73 Å². The number of aliphatic hydroxyl groups excluding tert-OH is 3. The van der Waals surface area contributed by atoms with Crippen LogP contribution in [0.4, 0.5) is 0 Å². The highest BCUT2D eigenvalue weighted by molar-refractivity contribution is 5.36. The average Bonchev–Trinajstić information content (AvgIpc) is 3.45. The van der Waals surface area contributed by atoms with Gasteiger partial charge in [0.2, 0.25) is 0 Å². The van der Waals surface area contributed by atoms with Crippen molar-refractivity contribution in [3.05, 3.63) is 41.2 Å². The molecule has 0 radical (unpaired) electrons. The molecule has 0 aromatic rings. The van der Waals surface area contributed by atoms with E-state index >= 15 is 0 Å². The van der Waals surface area contributed by atoms with E-state index in [9.17, 15) is 15.3 Å². The number of fused-ring (bicyclic) bond motifs is 1. The predicted molar refractivity (Wildman–Crippen MR) is 116 cm³/mol. The molecule has 160 valence electrons. The fourth-order valence-electron chi connectivity index (χ4n) is 6.44. The molecule has 4 rings (SSSR count). The molecule has 0 saturated heterocycles. The summed E-state index contributed by atoms with van der Waals surface area (Å²) in [6.45, 7) is 8.86. The first-order chi connectivity index (χ1) is 13.8. The summed E-state index contributed by atoms with van der Waals surface area (Å²) in [5.74, 6) is 2.12. The first-order valence-electron chi connectivity index (χ1n) is 11.7. The SMILES string of the molecule is C=C1C(=C=C2CCC[C@@]3(C)C2CC[C@@H]3[C@H](C)/C=C/[C@@H](O)C2CC2)C[C@@H](O)C[C@@H]1O. The molecule has 4 fully saturated rings. The highest BCUT2D eigenvalue weighted by atomic mass is 16.3. The Hall–Kier alpha value is -1.12. The van der Waals surface area contributed by atoms with Gasteiger partial charge in [0, 0.05) is 18.4 Å². The lowest BCUT2D eigenvalue weighted by Gasteiger charge is -2.43. The Labute approximate surface area is 175 Å². The van der Waals surface area contributed by atoms with Gasteiger partial charge in [-0.2, -0.15) is 0 Å². The zero-order chi connectivity index (χ0) is 20.8. The highest BCUT2D eigenvalue weighted by Crippen LogP contribution is 2.59. The summed E-state index contributed by atoms with van der Waals surface area (Å²) in [6, 6.07) is 0. The molecule has 0 amide bonds. The van der Waals surface area contributed by atoms with Crippen LogP contribution in [0.15, 0.2) is 41.2 Å². The molecule has 1 unspecified atom stereocenters. The molecule has 0 spiro atoms. The van der Waals surface area contributed by atoms with Crippen molar-refractivity contribution in [1.82, 2.24) is 0 Å². The van der Waals surface area contributed by atoms with Gasteiger partial charge in [0.25, 0.3) is 0 Å². The third-order valence-electron chi connectivity index (χ3n) is 8.38. The molecule has 0 heterocycles. The van der Waals surface area contributed by atoms with Gasteiger partial charge in [-0.25, -0.2) is 0 Å². The van der Waals surface area contributed by atoms with E-state index < -0.39 is 12.2 Å². The minimum absolute atomic E-state index is 0.260. The van der Waals surface area contributed by atoms with E-state index in [0.717, 1.165) is 17.6 Å². The van der Waals surface area contributed by atoms with E-state index in [0.29, 0.717) is 36.5 Å². The maximum absolute atomic E-state index is 10.2. The molecule has 3 heteroatoms. The number of hydrogen-bond acceptors (Lipinski definition) is 3. The average molecular weight is 399 g/mol. The highest BCUT2D eigenvalue weighted by Gasteiger charge is 2.50. The smallest absolute Gasteiger partial charge is 0.0817 e. The molecule has 4 aliphatic rings. The standard InChI is InChI=1S/C26H38O3/c1-16(6-11-24(28)18-7-8-18)22-9-10-23-19(5-4-12-26(22,23)3)13-20-14-21(27)15-25(29)17(20)2/h6,11,16,18,21-25,27-29H,2,4-5,7-10,12,14-15H2,1,3H3/b11-6+/t13?,16-,21-,22-,23?,24-,25+,26-/m1/s1. The van der Waals surface area contributed by atoms with E-state index in [1.54, 1.807) is 0 Å². The molecular formula is C26H38O3. The summed E-state index contributed by atoms with van der Waals surface area (Å²) in [5, 5.41) is 30.5. The monoisotopic (exact) mass is 398 g/mol. The van der Waals surface area contributed by atoms with Crippen LogP contribution in [0.5, 0.6) is 0 Å². The lowest BCUT2D eigenvalue weighted by molar-refractivity contribution is 0.0861. The Morgan fingerprint density at radius 3 is 2.66 bits per heavy atom. The van der Waals surface area contributed by atoms with Crippen LogP contribution >= 0.6 is 0 Å². The summed E-state index contributed by atoms with van der Waals surface area (Å²) < 4.78 is 0. The van der Waals surface area contributed by atoms with Crippen molar-refractivity contribution in [3.8, 4) is 0 Å². The predicted octanol–water partition coefficient (Wildman–Crippen LogP) is 4.69. The maximum Gasteiger partial charge on any atom is 0.0817 e. The lowest BCUT2D eigenvalue weighted by atomic mass is 9.61. The molecule has 0 bridgehead atoms. The van der Waals surface area contributed by atoms with Gasteiger partial charge in [0.1, 0.15) is 0 Å². The van der Waals surface area contributed by atoms with Crippen molar-refractivity contribution < 1.29 is 15.3 Å². The second kappa shape index (κ2) is 8.19. The summed E-state index contributed by atoms with van der Waals surface area (Å²) in [5.41, 5.74) is 6.98. The quantitative estimate of drug-likeness (QED) is 0.476. The molecule has 0 aromatic carbocycles. The Morgan fingerprint density at radius 2 is 1.93 bits per heavy atom. The van der Waals surface area contributed by atoms with Crippen LogP contribution in [-0.2, 0) is 0 Å². The third kappa shape index (κ3) is 4.21. The summed E-state index contributed by atoms with van der Waals surface area (Å²) in [4.78, 5) is 0. The van der Waals surface area contributed by atoms with E-state index in [4.69, 9.17) is 0 Å². The molecule has 29 heavy (non-hydrogen) atoms. The molecular weight excluding hydrogens is 360 g/mol. The van der Waals surface area contributed by atoms with Crippen LogP contribution in [0.25, 0.3) is 0 Å². The summed E-state index contributed by atoms with van der Waals surface area (Å²) in [7, 11) is 0. The van der Waals surface area contributed by atoms with Crippen LogP contribution < -0.4 is 0 Å². The summed E-state index contributed by atoms with van der Waals surface area (Å²) >= 11 is 0. The lowest BCUT2D eigenvalue weighted by Crippen LogP contribution is -2.35. The third-order valence-corrected chi connectivity index (χ3v) is 8.38. The van der Waals surface area contributed by atoms with Gasteiger partial charge in [0.05, 0.1) is 18.3 Å². The molecule has 3 N–H and O–H groups in total. The second-order valence-electron chi connectivity index (χ2n) is 10.4. The molecule has 0 aromatic heterocycles. The fraction of sp³-hybridized carbons (Fsp3) is 0.731. The second-order valence-corrected chi connectivity index (χ2v) is 10.4. The van der Waals surface area contributed by atoms with Crippen molar-refractivity contribution in [2.75, 3.05) is 0 Å². The van der Waals surface area contributed by atoms with E-state index in [1.807, 2.05) is 0 Å². The molecule has 4 aliphatic carbocycles. The van der Waals surface area contributed by atoms with Crippen LogP contribution in [0, 0.1) is 29.1 Å². The zero-order valence-corrected chi connectivity index (χ0v) is 18.1. The van der Waals surface area contributed by atoms with E-state index in [1.165, 1.54) is 44.1 Å². The normalized spacial score (nSPS) is 40.1. The largest absolute Gasteiger partial charge is 0.393 e. The van der Waals surface area contributed by atoms with Crippen molar-refractivity contribution in [2.24, 2.45) is 29.1 Å². The fourth-order valence-corrected chi connectivity index (χ4v) is 6.44. The number of aliphatic hydroxyl groups is 3. The van der Waals surface area contributed by atoms with E-state index in [2.05, 4.69) is 38.3 Å². The Balaban J connectivity index is 1.56. The van der Waals surface area contributed by atoms with Gasteiger partial charge >= 0.3 is 0 Å². The van der Waals surface area contributed by atoms with Gasteiger partial charge in [-0.1, -0.05) is 32.6 Å². The number of rotatable bonds is 4. The first kappa shape index (κ1) is 21.1. The van der Waals surface area contributed by atoms with Gasteiger partial charge in [0.15, 0.2) is 0 Å². The van der Waals surface area contributed by atoms with Gasteiger partial charge < -0.3 is 15.3 Å². The minimum Gasteiger partial charge on any atom is -0.393 e. The van der Waals surface area contributed by atoms with Crippen molar-refractivity contribution >= 4 is 0 Å². The summed E-state index contributed by atoms with van der Waals surface area (Å²) in [6.07, 6.45) is 12.1. The van der Waals surface area contributed by atoms with Crippen LogP contribution in [0.3, 0.4) is 0 Å². The Morgan fingerprint density at radius 1 is 1.17 bits per heavy atom. The van der Waals surface area contributed by atoms with Crippen molar-refractivity contribution in [2.45, 2.75) is 89.9 Å². The number of allylic oxidation sites excluding steroid dienone is 1. The van der Waals surface area contributed by atoms with Crippen LogP contribution in [0.2, 0.25) is 0 Å². The zero-order valence-electron chi connectivity index (χ0n) is 18.1. The first-order valence-corrected chi connectivity index (χ1v) is 11.7. The minimum atomic E-state index is -0.642. The molecule has 4 saturated carbocycles. The van der Waals surface area contributed by atoms with Crippen LogP contribution in [0.1, 0.15) is 71.6 Å². The topological polar surface area (TPSA) is 60.7 Å². The van der Waals surface area contributed by atoms with E-state index in [-0.39, 0.29) is 11.5 Å².